The van der Waals surface area contributed by atoms with E-state index in [4.69, 9.17) is 4.98 Å². The van der Waals surface area contributed by atoms with E-state index in [2.05, 4.69) is 34.7 Å². The van der Waals surface area contributed by atoms with Gasteiger partial charge in [-0.2, -0.15) is 5.10 Å². The molecule has 42 heavy (non-hydrogen) atoms. The van der Waals surface area contributed by atoms with Crippen LogP contribution in [0.25, 0.3) is 16.8 Å². The summed E-state index contributed by atoms with van der Waals surface area (Å²) in [6.45, 7) is 0. The van der Waals surface area contributed by atoms with Crippen molar-refractivity contribution in [2.45, 2.75) is 57.0 Å². The van der Waals surface area contributed by atoms with Crippen LogP contribution in [0.5, 0.6) is 0 Å². The normalized spacial score (nSPS) is 16.6. The van der Waals surface area contributed by atoms with Crippen LogP contribution in [-0.4, -0.2) is 62.2 Å². The first-order valence-electron chi connectivity index (χ1n) is 14.4. The van der Waals surface area contributed by atoms with Crippen molar-refractivity contribution < 1.29 is 9.59 Å². The van der Waals surface area contributed by atoms with Crippen molar-refractivity contribution >= 4 is 30.2 Å². The zero-order chi connectivity index (χ0) is 28.8. The summed E-state index contributed by atoms with van der Waals surface area (Å²) in [6.07, 6.45) is 11.7. The van der Waals surface area contributed by atoms with E-state index in [0.29, 0.717) is 36.8 Å². The van der Waals surface area contributed by atoms with Gasteiger partial charge in [-0.3, -0.25) is 24.2 Å². The third-order valence-electron chi connectivity index (χ3n) is 7.81. The Morgan fingerprint density at radius 3 is 2.43 bits per heavy atom. The molecule has 9 nitrogen and oxygen atoms in total. The molecule has 222 valence electrons. The Balaban J connectivity index is 0.00000405. The summed E-state index contributed by atoms with van der Waals surface area (Å²) >= 11 is 0. The van der Waals surface area contributed by atoms with Gasteiger partial charge in [-0.05, 0) is 82.4 Å². The number of nitrogens with zero attached hydrogens (tertiary/aromatic N) is 5. The fourth-order valence-corrected chi connectivity index (χ4v) is 5.47. The zero-order valence-electron chi connectivity index (χ0n) is 24.5. The van der Waals surface area contributed by atoms with Crippen LogP contribution in [0.15, 0.2) is 73.2 Å². The lowest BCUT2D eigenvalue weighted by atomic mass is 9.90. The summed E-state index contributed by atoms with van der Waals surface area (Å²) in [5.41, 5.74) is 4.12. The number of halogens is 1. The largest absolute Gasteiger partial charge is 0.353 e. The van der Waals surface area contributed by atoms with Gasteiger partial charge >= 0.3 is 0 Å². The van der Waals surface area contributed by atoms with Crippen LogP contribution in [0.4, 0.5) is 5.95 Å². The maximum atomic E-state index is 13.3. The average molecular weight is 590 g/mol. The molecule has 4 aromatic rings. The van der Waals surface area contributed by atoms with Gasteiger partial charge in [0.05, 0.1) is 11.9 Å². The minimum absolute atomic E-state index is 0. The van der Waals surface area contributed by atoms with Crippen LogP contribution < -0.4 is 10.6 Å². The number of aryl methyl sites for hydroxylation is 2. The first-order chi connectivity index (χ1) is 19.9. The Bertz CT molecular complexity index is 1470. The monoisotopic (exact) mass is 589 g/mol. The molecule has 0 spiro atoms. The molecule has 0 atom stereocenters. The van der Waals surface area contributed by atoms with Crippen LogP contribution in [0.3, 0.4) is 0 Å². The first-order valence-corrected chi connectivity index (χ1v) is 14.4. The molecule has 0 aliphatic heterocycles. The molecule has 1 saturated carbocycles. The van der Waals surface area contributed by atoms with Gasteiger partial charge in [0, 0.05) is 54.8 Å². The SMILES string of the molecule is CN(C)C1CCC(NC(=O)CCCc2cn(-c3ccccc3)c(NC(=O)c3cccc(-c4cnn(C)c4)c3)n2)CC1.Cl. The minimum Gasteiger partial charge on any atom is -0.353 e. The van der Waals surface area contributed by atoms with Gasteiger partial charge in [0.2, 0.25) is 11.9 Å². The van der Waals surface area contributed by atoms with E-state index in [1.54, 1.807) is 16.9 Å². The van der Waals surface area contributed by atoms with E-state index < -0.39 is 0 Å². The summed E-state index contributed by atoms with van der Waals surface area (Å²) in [7, 11) is 6.12. The molecule has 2 amide bonds. The highest BCUT2D eigenvalue weighted by Gasteiger charge is 2.23. The molecule has 0 saturated heterocycles. The maximum Gasteiger partial charge on any atom is 0.258 e. The number of hydrogen-bond donors (Lipinski definition) is 2. The molecular weight excluding hydrogens is 550 g/mol. The number of carbonyl (C=O) groups is 2. The summed E-state index contributed by atoms with van der Waals surface area (Å²) in [5.74, 6) is 0.307. The highest BCUT2D eigenvalue weighted by molar-refractivity contribution is 6.04. The molecule has 2 heterocycles. The summed E-state index contributed by atoms with van der Waals surface area (Å²) < 4.78 is 3.63. The first kappa shape index (κ1) is 31.0. The van der Waals surface area contributed by atoms with Crippen molar-refractivity contribution in [3.05, 3.63) is 84.4 Å². The van der Waals surface area contributed by atoms with Gasteiger partial charge < -0.3 is 10.2 Å². The fraction of sp³-hybridized carbons (Fsp3) is 0.375. The number of anilines is 1. The van der Waals surface area contributed by atoms with E-state index in [1.165, 1.54) is 0 Å². The molecule has 1 aliphatic rings. The van der Waals surface area contributed by atoms with Crippen molar-refractivity contribution in [3.8, 4) is 16.8 Å². The van der Waals surface area contributed by atoms with Crippen LogP contribution in [0, 0.1) is 0 Å². The lowest BCUT2D eigenvalue weighted by Gasteiger charge is -2.33. The smallest absolute Gasteiger partial charge is 0.258 e. The Morgan fingerprint density at radius 2 is 1.74 bits per heavy atom. The Hall–Kier alpha value is -3.95. The number of para-hydroxylation sites is 1. The van der Waals surface area contributed by atoms with Crippen molar-refractivity contribution in [1.29, 1.82) is 0 Å². The number of aromatic nitrogens is 4. The molecule has 10 heteroatoms. The number of imidazole rings is 1. The van der Waals surface area contributed by atoms with Crippen molar-refractivity contribution in [2.75, 3.05) is 19.4 Å². The molecule has 2 aromatic heterocycles. The zero-order valence-corrected chi connectivity index (χ0v) is 25.3. The van der Waals surface area contributed by atoms with Crippen LogP contribution >= 0.6 is 12.4 Å². The van der Waals surface area contributed by atoms with E-state index in [9.17, 15) is 9.59 Å². The molecule has 0 unspecified atom stereocenters. The van der Waals surface area contributed by atoms with Crippen molar-refractivity contribution in [1.82, 2.24) is 29.5 Å². The van der Waals surface area contributed by atoms with Gasteiger partial charge in [0.1, 0.15) is 0 Å². The second-order valence-corrected chi connectivity index (χ2v) is 11.1. The standard InChI is InChI=1S/C32H39N7O2.ClH/c1-37(2)28-17-15-26(16-18-28)34-30(40)14-8-11-27-22-39(29-12-5-4-6-13-29)32(35-27)36-31(41)24-10-7-9-23(19-24)25-20-33-38(3)21-25;/h4-7,9-10,12-13,19-22,26,28H,8,11,14-18H2,1-3H3,(H,34,40)(H,35,36,41);1H. The number of carbonyl (C=O) groups excluding carboxylic acids is 2. The molecule has 1 aliphatic carbocycles. The maximum absolute atomic E-state index is 13.3. The highest BCUT2D eigenvalue weighted by Crippen LogP contribution is 2.23. The number of rotatable bonds is 10. The molecule has 0 bridgehead atoms. The number of nitrogens with one attached hydrogen (secondary N) is 2. The molecular formula is C32H40ClN7O2. The molecule has 0 radical (unpaired) electrons. The third kappa shape index (κ3) is 7.86. The summed E-state index contributed by atoms with van der Waals surface area (Å²) in [6, 6.07) is 18.2. The van der Waals surface area contributed by atoms with Gasteiger partial charge in [0.25, 0.3) is 5.91 Å². The molecule has 5 rings (SSSR count). The number of hydrogen-bond acceptors (Lipinski definition) is 5. The fourth-order valence-electron chi connectivity index (χ4n) is 5.47. The summed E-state index contributed by atoms with van der Waals surface area (Å²) in [4.78, 5) is 33.0. The van der Waals surface area contributed by atoms with E-state index in [-0.39, 0.29) is 30.3 Å². The van der Waals surface area contributed by atoms with Gasteiger partial charge in [-0.25, -0.2) is 4.98 Å². The molecule has 1 fully saturated rings. The predicted molar refractivity (Wildman–Crippen MR) is 168 cm³/mol. The molecule has 2 N–H and O–H groups in total. The predicted octanol–water partition coefficient (Wildman–Crippen LogP) is 5.26. The van der Waals surface area contributed by atoms with E-state index in [0.717, 1.165) is 48.2 Å². The lowest BCUT2D eigenvalue weighted by molar-refractivity contribution is -0.122. The highest BCUT2D eigenvalue weighted by atomic mass is 35.5. The number of amides is 2. The number of benzene rings is 2. The van der Waals surface area contributed by atoms with Gasteiger partial charge in [-0.15, -0.1) is 12.4 Å². The second-order valence-electron chi connectivity index (χ2n) is 11.1. The van der Waals surface area contributed by atoms with Crippen molar-refractivity contribution in [3.63, 3.8) is 0 Å². The Kier molecular flexibility index (Phi) is 10.5. The van der Waals surface area contributed by atoms with E-state index in [1.807, 2.05) is 72.5 Å². The van der Waals surface area contributed by atoms with Crippen LogP contribution in [0.2, 0.25) is 0 Å². The summed E-state index contributed by atoms with van der Waals surface area (Å²) in [5, 5.41) is 10.5. The lowest BCUT2D eigenvalue weighted by Crippen LogP contribution is -2.41. The van der Waals surface area contributed by atoms with Gasteiger partial charge in [0.15, 0.2) is 0 Å². The quantitative estimate of drug-likeness (QED) is 0.263. The average Bonchev–Trinajstić information content (AvgIpc) is 3.60. The van der Waals surface area contributed by atoms with Crippen molar-refractivity contribution in [2.24, 2.45) is 7.05 Å². The van der Waals surface area contributed by atoms with Gasteiger partial charge in [-0.1, -0.05) is 30.3 Å². The van der Waals surface area contributed by atoms with Crippen LogP contribution in [-0.2, 0) is 18.3 Å². The third-order valence-corrected chi connectivity index (χ3v) is 7.81. The Morgan fingerprint density at radius 1 is 0.976 bits per heavy atom. The topological polar surface area (TPSA) is 97.1 Å². The van der Waals surface area contributed by atoms with Crippen LogP contribution in [0.1, 0.15) is 54.6 Å². The van der Waals surface area contributed by atoms with E-state index >= 15 is 0 Å². The minimum atomic E-state index is -0.242. The Labute approximate surface area is 253 Å². The second kappa shape index (κ2) is 14.3. The molecule has 2 aromatic carbocycles.